The second kappa shape index (κ2) is 8.11. The molecule has 1 heterocycles. The molecule has 1 fully saturated rings. The van der Waals surface area contributed by atoms with E-state index in [4.69, 9.17) is 10.5 Å². The van der Waals surface area contributed by atoms with Gasteiger partial charge in [-0.15, -0.1) is 12.4 Å². The smallest absolute Gasteiger partial charge is 0.312 e. The molecular weight excluding hydrogens is 358 g/mol. The largest absolute Gasteiger partial charge is 0.490 e. The molecule has 1 saturated heterocycles. The SMILES string of the molecule is COc1ccc(S(=O)(=O)N2CCCCC2C(C)N)cc1[N+](=O)[O-].Cl. The van der Waals surface area contributed by atoms with Crippen molar-refractivity contribution in [3.05, 3.63) is 28.3 Å². The van der Waals surface area contributed by atoms with E-state index in [1.807, 2.05) is 0 Å². The van der Waals surface area contributed by atoms with E-state index in [9.17, 15) is 18.5 Å². The van der Waals surface area contributed by atoms with Crippen LogP contribution in [-0.2, 0) is 10.0 Å². The molecule has 2 N–H and O–H groups in total. The molecule has 0 saturated carbocycles. The number of ether oxygens (including phenoxy) is 1. The Kier molecular flexibility index (Phi) is 6.97. The van der Waals surface area contributed by atoms with Crippen molar-refractivity contribution in [3.8, 4) is 5.75 Å². The standard InChI is InChI=1S/C14H21N3O5S.ClH/c1-10(15)12-5-3-4-8-16(12)23(20,21)11-6-7-14(22-2)13(9-11)17(18)19;/h6-7,9-10,12H,3-5,8,15H2,1-2H3;1H. The van der Waals surface area contributed by atoms with Gasteiger partial charge in [0.25, 0.3) is 0 Å². The van der Waals surface area contributed by atoms with Gasteiger partial charge in [0.15, 0.2) is 5.75 Å². The molecule has 24 heavy (non-hydrogen) atoms. The average molecular weight is 380 g/mol. The number of benzene rings is 1. The molecule has 1 aliphatic heterocycles. The number of sulfonamides is 1. The number of methoxy groups -OCH3 is 1. The van der Waals surface area contributed by atoms with E-state index in [2.05, 4.69) is 0 Å². The molecule has 2 atom stereocenters. The van der Waals surface area contributed by atoms with Gasteiger partial charge in [-0.1, -0.05) is 6.42 Å². The number of nitro benzene ring substituents is 1. The van der Waals surface area contributed by atoms with Gasteiger partial charge in [-0.3, -0.25) is 10.1 Å². The summed E-state index contributed by atoms with van der Waals surface area (Å²) in [5.41, 5.74) is 5.55. The Bertz CT molecular complexity index is 696. The second-order valence-corrected chi connectivity index (χ2v) is 7.52. The summed E-state index contributed by atoms with van der Waals surface area (Å²) in [7, 11) is -2.55. The molecule has 0 amide bonds. The van der Waals surface area contributed by atoms with Crippen LogP contribution in [0, 0.1) is 10.1 Å². The zero-order valence-corrected chi connectivity index (χ0v) is 15.2. The fourth-order valence-corrected chi connectivity index (χ4v) is 4.66. The van der Waals surface area contributed by atoms with Crippen molar-refractivity contribution in [2.75, 3.05) is 13.7 Å². The van der Waals surface area contributed by atoms with E-state index in [0.29, 0.717) is 13.0 Å². The maximum Gasteiger partial charge on any atom is 0.312 e. The summed E-state index contributed by atoms with van der Waals surface area (Å²) in [5.74, 6) is 0.0244. The molecule has 1 aromatic rings. The van der Waals surface area contributed by atoms with Crippen LogP contribution in [0.5, 0.6) is 5.75 Å². The van der Waals surface area contributed by atoms with Gasteiger partial charge in [-0.25, -0.2) is 8.42 Å². The third kappa shape index (κ3) is 3.97. The zero-order valence-electron chi connectivity index (χ0n) is 13.5. The Morgan fingerprint density at radius 3 is 2.62 bits per heavy atom. The predicted molar refractivity (Wildman–Crippen MR) is 92.1 cm³/mol. The fourth-order valence-electron chi connectivity index (χ4n) is 2.86. The lowest BCUT2D eigenvalue weighted by molar-refractivity contribution is -0.386. The van der Waals surface area contributed by atoms with E-state index < -0.39 is 14.9 Å². The molecule has 136 valence electrons. The molecule has 8 nitrogen and oxygen atoms in total. The highest BCUT2D eigenvalue weighted by atomic mass is 35.5. The van der Waals surface area contributed by atoms with Crippen molar-refractivity contribution < 1.29 is 18.1 Å². The van der Waals surface area contributed by atoms with Crippen LogP contribution in [0.25, 0.3) is 0 Å². The summed E-state index contributed by atoms with van der Waals surface area (Å²) in [6.45, 7) is 2.14. The van der Waals surface area contributed by atoms with Crippen molar-refractivity contribution >= 4 is 28.1 Å². The van der Waals surface area contributed by atoms with E-state index >= 15 is 0 Å². The van der Waals surface area contributed by atoms with Crippen LogP contribution >= 0.6 is 12.4 Å². The van der Waals surface area contributed by atoms with E-state index in [0.717, 1.165) is 18.9 Å². The monoisotopic (exact) mass is 379 g/mol. The highest BCUT2D eigenvalue weighted by Crippen LogP contribution is 2.32. The molecule has 0 bridgehead atoms. The summed E-state index contributed by atoms with van der Waals surface area (Å²) in [4.78, 5) is 10.3. The highest BCUT2D eigenvalue weighted by Gasteiger charge is 2.36. The number of halogens is 1. The second-order valence-electron chi connectivity index (χ2n) is 5.63. The maximum absolute atomic E-state index is 12.9. The Balaban J connectivity index is 0.00000288. The topological polar surface area (TPSA) is 116 Å². The number of nitrogens with zero attached hydrogens (tertiary/aromatic N) is 2. The van der Waals surface area contributed by atoms with Crippen molar-refractivity contribution in [3.63, 3.8) is 0 Å². The third-order valence-corrected chi connectivity index (χ3v) is 5.98. The zero-order chi connectivity index (χ0) is 17.2. The number of hydrogen-bond acceptors (Lipinski definition) is 6. The van der Waals surface area contributed by atoms with E-state index in [-0.39, 0.29) is 40.8 Å². The maximum atomic E-state index is 12.9. The summed E-state index contributed by atoms with van der Waals surface area (Å²) in [6.07, 6.45) is 2.36. The Morgan fingerprint density at radius 2 is 2.08 bits per heavy atom. The first-order valence-corrected chi connectivity index (χ1v) is 8.83. The molecule has 0 radical (unpaired) electrons. The summed E-state index contributed by atoms with van der Waals surface area (Å²) in [6, 6.07) is 3.07. The quantitative estimate of drug-likeness (QED) is 0.617. The Hall–Kier alpha value is -1.42. The average Bonchev–Trinajstić information content (AvgIpc) is 2.54. The van der Waals surface area contributed by atoms with Gasteiger partial charge in [0.2, 0.25) is 10.0 Å². The summed E-state index contributed by atoms with van der Waals surface area (Å²) in [5, 5.41) is 11.1. The van der Waals surface area contributed by atoms with Crippen molar-refractivity contribution in [2.24, 2.45) is 5.73 Å². The number of piperidine rings is 1. The predicted octanol–water partition coefficient (Wildman–Crippen LogP) is 1.92. The molecular formula is C14H22ClN3O5S. The first-order valence-electron chi connectivity index (χ1n) is 7.39. The normalized spacial score (nSPS) is 20.0. The molecule has 0 aromatic heterocycles. The lowest BCUT2D eigenvalue weighted by Crippen LogP contribution is -2.51. The molecule has 0 aliphatic carbocycles. The van der Waals surface area contributed by atoms with Crippen LogP contribution in [0.1, 0.15) is 26.2 Å². The minimum atomic E-state index is -3.84. The molecule has 1 aliphatic rings. The summed E-state index contributed by atoms with van der Waals surface area (Å²) >= 11 is 0. The number of nitrogens with two attached hydrogens (primary N) is 1. The third-order valence-electron chi connectivity index (χ3n) is 4.06. The molecule has 10 heteroatoms. The lowest BCUT2D eigenvalue weighted by Gasteiger charge is -2.36. The van der Waals surface area contributed by atoms with Crippen LogP contribution in [0.3, 0.4) is 0 Å². The molecule has 0 spiro atoms. The lowest BCUT2D eigenvalue weighted by atomic mass is 10.00. The van der Waals surface area contributed by atoms with Crippen LogP contribution in [0.2, 0.25) is 0 Å². The number of rotatable bonds is 5. The number of hydrogen-bond donors (Lipinski definition) is 1. The fraction of sp³-hybridized carbons (Fsp3) is 0.571. The van der Waals surface area contributed by atoms with Crippen LogP contribution in [0.4, 0.5) is 5.69 Å². The van der Waals surface area contributed by atoms with Gasteiger partial charge in [-0.2, -0.15) is 4.31 Å². The van der Waals surface area contributed by atoms with Crippen molar-refractivity contribution in [1.82, 2.24) is 4.31 Å². The van der Waals surface area contributed by atoms with Crippen LogP contribution in [-0.4, -0.2) is 43.4 Å². The van der Waals surface area contributed by atoms with Gasteiger partial charge in [0, 0.05) is 24.7 Å². The summed E-state index contributed by atoms with van der Waals surface area (Å²) < 4.78 is 32.0. The Labute approximate surface area is 147 Å². The Morgan fingerprint density at radius 1 is 1.42 bits per heavy atom. The van der Waals surface area contributed by atoms with Gasteiger partial charge in [0.05, 0.1) is 16.9 Å². The van der Waals surface area contributed by atoms with Crippen molar-refractivity contribution in [1.29, 1.82) is 0 Å². The first-order chi connectivity index (χ1) is 10.8. The highest BCUT2D eigenvalue weighted by molar-refractivity contribution is 7.89. The molecule has 2 rings (SSSR count). The van der Waals surface area contributed by atoms with Gasteiger partial charge >= 0.3 is 5.69 Å². The minimum Gasteiger partial charge on any atom is -0.490 e. The van der Waals surface area contributed by atoms with Gasteiger partial charge < -0.3 is 10.5 Å². The molecule has 1 aromatic carbocycles. The molecule has 2 unspecified atom stereocenters. The van der Waals surface area contributed by atoms with Gasteiger partial charge in [-0.05, 0) is 31.9 Å². The van der Waals surface area contributed by atoms with Crippen molar-refractivity contribution in [2.45, 2.75) is 43.2 Å². The van der Waals surface area contributed by atoms with Crippen LogP contribution < -0.4 is 10.5 Å². The first kappa shape index (κ1) is 20.6. The van der Waals surface area contributed by atoms with E-state index in [1.54, 1.807) is 6.92 Å². The van der Waals surface area contributed by atoms with E-state index in [1.165, 1.54) is 23.5 Å². The van der Waals surface area contributed by atoms with Crippen LogP contribution in [0.15, 0.2) is 23.1 Å². The minimum absolute atomic E-state index is 0. The number of nitro groups is 1. The van der Waals surface area contributed by atoms with Gasteiger partial charge in [0.1, 0.15) is 0 Å².